The lowest BCUT2D eigenvalue weighted by Gasteiger charge is -2.08. The largest absolute Gasteiger partial charge is 0.356 e. The minimum atomic E-state index is -3.25. The summed E-state index contributed by atoms with van der Waals surface area (Å²) in [5, 5.41) is 2.94. The number of hydrogen-bond acceptors (Lipinski definition) is 3. The zero-order valence-corrected chi connectivity index (χ0v) is 15.4. The predicted octanol–water partition coefficient (Wildman–Crippen LogP) is 2.66. The number of hydrogen-bond donors (Lipinski definition) is 2. The molecule has 2 N–H and O–H groups in total. The first-order chi connectivity index (χ1) is 11.8. The van der Waals surface area contributed by atoms with Gasteiger partial charge in [0.1, 0.15) is 0 Å². The maximum absolute atomic E-state index is 12.0. The average molecular weight is 360 g/mol. The van der Waals surface area contributed by atoms with Gasteiger partial charge in [0.25, 0.3) is 0 Å². The van der Waals surface area contributed by atoms with Gasteiger partial charge in [0.2, 0.25) is 15.9 Å². The molecule has 0 fully saturated rings. The summed E-state index contributed by atoms with van der Waals surface area (Å²) in [5.74, 6) is 0.0296. The first kappa shape index (κ1) is 19.0. The van der Waals surface area contributed by atoms with Crippen LogP contribution in [-0.4, -0.2) is 27.1 Å². The van der Waals surface area contributed by atoms with Gasteiger partial charge < -0.3 is 5.32 Å². The summed E-state index contributed by atoms with van der Waals surface area (Å²) in [6.45, 7) is 2.62. The maximum Gasteiger partial charge on any atom is 0.229 e. The highest BCUT2D eigenvalue weighted by Crippen LogP contribution is 2.12. The van der Waals surface area contributed by atoms with Crippen molar-refractivity contribution in [2.24, 2.45) is 0 Å². The summed E-state index contributed by atoms with van der Waals surface area (Å²) in [4.78, 5) is 12.0. The number of carbonyl (C=O) groups is 1. The van der Waals surface area contributed by atoms with Crippen molar-refractivity contribution in [3.63, 3.8) is 0 Å². The number of nitrogens with one attached hydrogen (secondary N) is 2. The van der Waals surface area contributed by atoms with Crippen LogP contribution in [0.2, 0.25) is 0 Å². The Kier molecular flexibility index (Phi) is 6.58. The highest BCUT2D eigenvalue weighted by atomic mass is 32.2. The molecule has 0 aliphatic heterocycles. The molecule has 0 saturated carbocycles. The third-order valence-corrected chi connectivity index (χ3v) is 4.44. The van der Waals surface area contributed by atoms with E-state index in [1.165, 1.54) is 0 Å². The lowest BCUT2D eigenvalue weighted by molar-refractivity contribution is -0.120. The van der Waals surface area contributed by atoms with E-state index in [0.717, 1.165) is 35.8 Å². The van der Waals surface area contributed by atoms with Crippen LogP contribution in [0.25, 0.3) is 0 Å². The fourth-order valence-corrected chi connectivity index (χ4v) is 3.08. The van der Waals surface area contributed by atoms with Crippen LogP contribution in [-0.2, 0) is 27.7 Å². The zero-order valence-electron chi connectivity index (χ0n) is 14.6. The number of rotatable bonds is 8. The van der Waals surface area contributed by atoms with E-state index in [1.807, 2.05) is 43.3 Å². The molecule has 0 heterocycles. The fourth-order valence-electron chi connectivity index (χ4n) is 2.52. The number of anilines is 1. The molecule has 134 valence electrons. The zero-order chi connectivity index (χ0) is 18.3. The molecule has 0 aliphatic rings. The number of amides is 1. The first-order valence-corrected chi connectivity index (χ1v) is 10.1. The van der Waals surface area contributed by atoms with Crippen molar-refractivity contribution in [1.82, 2.24) is 5.32 Å². The van der Waals surface area contributed by atoms with Crippen LogP contribution >= 0.6 is 0 Å². The van der Waals surface area contributed by atoms with Gasteiger partial charge in [-0.25, -0.2) is 8.42 Å². The summed E-state index contributed by atoms with van der Waals surface area (Å²) in [5.41, 5.74) is 3.83. The maximum atomic E-state index is 12.0. The van der Waals surface area contributed by atoms with Crippen molar-refractivity contribution in [3.05, 3.63) is 65.2 Å². The Morgan fingerprint density at radius 3 is 2.36 bits per heavy atom. The fraction of sp³-hybridized carbons (Fsp3) is 0.316. The van der Waals surface area contributed by atoms with Crippen LogP contribution in [0, 0.1) is 6.92 Å². The quantitative estimate of drug-likeness (QED) is 0.711. The Balaban J connectivity index is 1.72. The Morgan fingerprint density at radius 2 is 1.72 bits per heavy atom. The summed E-state index contributed by atoms with van der Waals surface area (Å²) in [6, 6.07) is 15.2. The van der Waals surface area contributed by atoms with Gasteiger partial charge in [0, 0.05) is 12.2 Å². The van der Waals surface area contributed by atoms with Gasteiger partial charge in [-0.3, -0.25) is 9.52 Å². The van der Waals surface area contributed by atoms with Crippen molar-refractivity contribution in [3.8, 4) is 0 Å². The van der Waals surface area contributed by atoms with Gasteiger partial charge in [0.15, 0.2) is 0 Å². The molecule has 5 nitrogen and oxygen atoms in total. The summed E-state index contributed by atoms with van der Waals surface area (Å²) < 4.78 is 24.8. The number of carbonyl (C=O) groups excluding carboxylic acids is 1. The molecule has 25 heavy (non-hydrogen) atoms. The second kappa shape index (κ2) is 8.67. The topological polar surface area (TPSA) is 75.3 Å². The van der Waals surface area contributed by atoms with Crippen LogP contribution in [0.4, 0.5) is 5.69 Å². The molecule has 0 radical (unpaired) electrons. The van der Waals surface area contributed by atoms with Gasteiger partial charge >= 0.3 is 0 Å². The van der Waals surface area contributed by atoms with Gasteiger partial charge in [-0.05, 0) is 48.6 Å². The molecule has 2 aromatic carbocycles. The van der Waals surface area contributed by atoms with Crippen LogP contribution in [0.1, 0.15) is 23.1 Å². The van der Waals surface area contributed by atoms with Gasteiger partial charge in [-0.2, -0.15) is 0 Å². The van der Waals surface area contributed by atoms with Crippen molar-refractivity contribution in [1.29, 1.82) is 0 Å². The molecular formula is C19H24N2O3S. The summed E-state index contributed by atoms with van der Waals surface area (Å²) >= 11 is 0. The van der Waals surface area contributed by atoms with E-state index < -0.39 is 10.0 Å². The van der Waals surface area contributed by atoms with Gasteiger partial charge in [-0.1, -0.05) is 36.4 Å². The lowest BCUT2D eigenvalue weighted by atomic mass is 10.1. The monoisotopic (exact) mass is 360 g/mol. The van der Waals surface area contributed by atoms with Crippen LogP contribution in [0.5, 0.6) is 0 Å². The molecule has 0 bridgehead atoms. The van der Waals surface area contributed by atoms with Crippen LogP contribution in [0.3, 0.4) is 0 Å². The Hall–Kier alpha value is -2.34. The molecular weight excluding hydrogens is 336 g/mol. The normalized spacial score (nSPS) is 11.1. The van der Waals surface area contributed by atoms with Crippen molar-refractivity contribution >= 4 is 21.6 Å². The molecule has 0 atom stereocenters. The van der Waals surface area contributed by atoms with E-state index >= 15 is 0 Å². The molecule has 1 amide bonds. The van der Waals surface area contributed by atoms with Gasteiger partial charge in [-0.15, -0.1) is 0 Å². The van der Waals surface area contributed by atoms with Crippen LogP contribution < -0.4 is 10.0 Å². The van der Waals surface area contributed by atoms with E-state index in [0.29, 0.717) is 18.7 Å². The first-order valence-electron chi connectivity index (χ1n) is 8.21. The molecule has 0 aromatic heterocycles. The standard InChI is InChI=1S/C19H24N2O3S/c1-15-6-3-4-8-17(15)14-19(22)20-13-5-7-16-9-11-18(12-10-16)21-25(2,23)24/h3-4,6,8-12,21H,5,7,13-14H2,1-2H3,(H,20,22). The second-order valence-electron chi connectivity index (χ2n) is 6.13. The molecule has 6 heteroatoms. The Morgan fingerprint density at radius 1 is 1.04 bits per heavy atom. The highest BCUT2D eigenvalue weighted by molar-refractivity contribution is 7.92. The second-order valence-corrected chi connectivity index (χ2v) is 7.88. The Labute approximate surface area is 149 Å². The van der Waals surface area contributed by atoms with E-state index in [1.54, 1.807) is 12.1 Å². The third-order valence-electron chi connectivity index (χ3n) is 3.83. The highest BCUT2D eigenvalue weighted by Gasteiger charge is 2.05. The van der Waals surface area contributed by atoms with E-state index in [4.69, 9.17) is 0 Å². The number of sulfonamides is 1. The van der Waals surface area contributed by atoms with Crippen molar-refractivity contribution in [2.45, 2.75) is 26.2 Å². The van der Waals surface area contributed by atoms with Crippen LogP contribution in [0.15, 0.2) is 48.5 Å². The van der Waals surface area contributed by atoms with E-state index in [2.05, 4.69) is 10.0 Å². The predicted molar refractivity (Wildman–Crippen MR) is 101 cm³/mol. The Bertz CT molecular complexity index is 815. The van der Waals surface area contributed by atoms with E-state index in [9.17, 15) is 13.2 Å². The average Bonchev–Trinajstić information content (AvgIpc) is 2.54. The van der Waals surface area contributed by atoms with Crippen molar-refractivity contribution < 1.29 is 13.2 Å². The SMILES string of the molecule is Cc1ccccc1CC(=O)NCCCc1ccc(NS(C)(=O)=O)cc1. The molecule has 0 aliphatic carbocycles. The number of benzene rings is 2. The minimum absolute atomic E-state index is 0.0296. The molecule has 2 rings (SSSR count). The molecule has 0 unspecified atom stereocenters. The van der Waals surface area contributed by atoms with Crippen molar-refractivity contribution in [2.75, 3.05) is 17.5 Å². The lowest BCUT2D eigenvalue weighted by Crippen LogP contribution is -2.26. The summed E-state index contributed by atoms with van der Waals surface area (Å²) in [6.07, 6.45) is 3.18. The smallest absolute Gasteiger partial charge is 0.229 e. The molecule has 0 saturated heterocycles. The third kappa shape index (κ3) is 6.97. The number of aryl methyl sites for hydroxylation is 2. The summed E-state index contributed by atoms with van der Waals surface area (Å²) in [7, 11) is -3.25. The minimum Gasteiger partial charge on any atom is -0.356 e. The molecule has 0 spiro atoms. The van der Waals surface area contributed by atoms with E-state index in [-0.39, 0.29) is 5.91 Å². The molecule has 2 aromatic rings. The van der Waals surface area contributed by atoms with Gasteiger partial charge in [0.05, 0.1) is 12.7 Å².